The molecule has 4 N–H and O–H groups in total. The van der Waals surface area contributed by atoms with Crippen LogP contribution >= 0.6 is 0 Å². The summed E-state index contributed by atoms with van der Waals surface area (Å²) < 4.78 is 63.5. The van der Waals surface area contributed by atoms with Crippen LogP contribution in [0.15, 0.2) is 24.5 Å². The van der Waals surface area contributed by atoms with Crippen molar-refractivity contribution in [1.82, 2.24) is 25.4 Å². The van der Waals surface area contributed by atoms with Crippen LogP contribution in [-0.2, 0) is 20.9 Å². The van der Waals surface area contributed by atoms with E-state index in [1.54, 1.807) is 13.2 Å². The lowest BCUT2D eigenvalue weighted by molar-refractivity contribution is -0.193. The summed E-state index contributed by atoms with van der Waals surface area (Å²) in [5.41, 5.74) is 0.941. The summed E-state index contributed by atoms with van der Waals surface area (Å²) in [7, 11) is 1.64. The minimum Gasteiger partial charge on any atom is -0.475 e. The van der Waals surface area contributed by atoms with Crippen LogP contribution in [0.25, 0.3) is 0 Å². The quantitative estimate of drug-likeness (QED) is 0.406. The maximum absolute atomic E-state index is 12.1. The largest absolute Gasteiger partial charge is 0.490 e. The molecule has 0 aliphatic carbocycles. The Balaban J connectivity index is 0.000000404. The monoisotopic (exact) mass is 545 g/mol. The zero-order valence-electron chi connectivity index (χ0n) is 19.4. The number of hydrogen-bond donors (Lipinski definition) is 4. The van der Waals surface area contributed by atoms with Crippen LogP contribution in [0, 0.1) is 5.41 Å². The zero-order chi connectivity index (χ0) is 28.4. The second-order valence-corrected chi connectivity index (χ2v) is 8.11. The van der Waals surface area contributed by atoms with Crippen LogP contribution in [0.5, 0.6) is 0 Å². The number of pyridine rings is 1. The van der Waals surface area contributed by atoms with Gasteiger partial charge in [-0.3, -0.25) is 14.7 Å². The molecule has 17 heteroatoms. The molecule has 1 aromatic heterocycles. The molecule has 1 aromatic rings. The van der Waals surface area contributed by atoms with Crippen molar-refractivity contribution >= 4 is 23.9 Å². The number of aliphatic carboxylic acids is 2. The number of aromatic nitrogens is 1. The Kier molecular flexibility index (Phi) is 11.1. The summed E-state index contributed by atoms with van der Waals surface area (Å²) in [4.78, 5) is 50.0. The third-order valence-corrected chi connectivity index (χ3v) is 5.08. The van der Waals surface area contributed by atoms with E-state index in [9.17, 15) is 35.9 Å². The number of urea groups is 1. The smallest absolute Gasteiger partial charge is 0.475 e. The van der Waals surface area contributed by atoms with Gasteiger partial charge in [0.1, 0.15) is 0 Å². The van der Waals surface area contributed by atoms with Gasteiger partial charge in [0.25, 0.3) is 0 Å². The zero-order valence-corrected chi connectivity index (χ0v) is 19.4. The molecule has 2 aliphatic heterocycles. The van der Waals surface area contributed by atoms with Crippen LogP contribution in [-0.4, -0.2) is 101 Å². The van der Waals surface area contributed by atoms with Gasteiger partial charge in [-0.1, -0.05) is 6.07 Å². The number of carboxylic acids is 2. The average Bonchev–Trinajstić information content (AvgIpc) is 3.05. The molecule has 208 valence electrons. The highest BCUT2D eigenvalue weighted by Gasteiger charge is 2.44. The first-order valence-electron chi connectivity index (χ1n) is 10.4. The first-order valence-corrected chi connectivity index (χ1v) is 10.4. The van der Waals surface area contributed by atoms with E-state index < -0.39 is 24.3 Å². The van der Waals surface area contributed by atoms with E-state index in [4.69, 9.17) is 19.8 Å². The third kappa shape index (κ3) is 10.9. The normalized spacial score (nSPS) is 20.0. The van der Waals surface area contributed by atoms with Gasteiger partial charge in [-0.15, -0.1) is 0 Å². The molecule has 0 radical (unpaired) electrons. The molecular formula is C20H25F6N5O6. The van der Waals surface area contributed by atoms with E-state index in [2.05, 4.69) is 26.6 Å². The van der Waals surface area contributed by atoms with Crippen molar-refractivity contribution < 1.29 is 55.7 Å². The number of rotatable bonds is 2. The van der Waals surface area contributed by atoms with E-state index in [1.165, 1.54) is 0 Å². The van der Waals surface area contributed by atoms with Crippen LogP contribution in [0.1, 0.15) is 12.0 Å². The molecule has 0 bridgehead atoms. The number of carbonyl (C=O) groups is 4. The molecule has 0 saturated carbocycles. The van der Waals surface area contributed by atoms with Crippen molar-refractivity contribution in [2.45, 2.75) is 25.3 Å². The Morgan fingerprint density at radius 1 is 1.08 bits per heavy atom. The van der Waals surface area contributed by atoms with E-state index in [1.807, 2.05) is 17.2 Å². The number of hydrogen-bond acceptors (Lipinski definition) is 6. The topological polar surface area (TPSA) is 152 Å². The number of nitrogens with one attached hydrogen (secondary N) is 2. The van der Waals surface area contributed by atoms with Gasteiger partial charge in [0, 0.05) is 70.5 Å². The second kappa shape index (κ2) is 13.1. The van der Waals surface area contributed by atoms with E-state index >= 15 is 0 Å². The molecule has 0 aromatic carbocycles. The third-order valence-electron chi connectivity index (χ3n) is 5.08. The molecule has 1 spiro atoms. The lowest BCUT2D eigenvalue weighted by atomic mass is 9.86. The summed E-state index contributed by atoms with van der Waals surface area (Å²) >= 11 is 0. The number of carbonyl (C=O) groups excluding carboxylic acids is 2. The van der Waals surface area contributed by atoms with Gasteiger partial charge in [0.15, 0.2) is 0 Å². The highest BCUT2D eigenvalue weighted by Crippen LogP contribution is 2.31. The summed E-state index contributed by atoms with van der Waals surface area (Å²) in [5, 5.41) is 19.9. The summed E-state index contributed by atoms with van der Waals surface area (Å²) in [6.45, 7) is 4.27. The van der Waals surface area contributed by atoms with Crippen molar-refractivity contribution in [1.29, 1.82) is 0 Å². The Bertz CT molecular complexity index is 922. The van der Waals surface area contributed by atoms with Crippen LogP contribution in [0.2, 0.25) is 0 Å². The highest BCUT2D eigenvalue weighted by atomic mass is 19.4. The Morgan fingerprint density at radius 3 is 2.05 bits per heavy atom. The van der Waals surface area contributed by atoms with Gasteiger partial charge in [-0.2, -0.15) is 26.3 Å². The van der Waals surface area contributed by atoms with Crippen LogP contribution < -0.4 is 10.6 Å². The number of halogens is 6. The van der Waals surface area contributed by atoms with Gasteiger partial charge in [-0.25, -0.2) is 14.4 Å². The minimum atomic E-state index is -5.08. The average molecular weight is 545 g/mol. The van der Waals surface area contributed by atoms with Crippen molar-refractivity contribution in [3.8, 4) is 0 Å². The Morgan fingerprint density at radius 2 is 1.65 bits per heavy atom. The summed E-state index contributed by atoms with van der Waals surface area (Å²) in [6, 6.07) is 3.91. The molecule has 2 saturated heterocycles. The fraction of sp³-hybridized carbons (Fsp3) is 0.550. The van der Waals surface area contributed by atoms with Gasteiger partial charge in [-0.05, 0) is 11.6 Å². The van der Waals surface area contributed by atoms with Crippen molar-refractivity contribution in [2.75, 3.05) is 39.8 Å². The van der Waals surface area contributed by atoms with Gasteiger partial charge in [0.05, 0.1) is 0 Å². The maximum Gasteiger partial charge on any atom is 0.490 e. The van der Waals surface area contributed by atoms with E-state index in [0.29, 0.717) is 26.1 Å². The van der Waals surface area contributed by atoms with Crippen LogP contribution in [0.4, 0.5) is 31.1 Å². The van der Waals surface area contributed by atoms with E-state index in [-0.39, 0.29) is 17.4 Å². The fourth-order valence-electron chi connectivity index (χ4n) is 3.54. The second-order valence-electron chi connectivity index (χ2n) is 8.11. The van der Waals surface area contributed by atoms with E-state index in [0.717, 1.165) is 25.2 Å². The molecule has 3 amide bonds. The fourth-order valence-corrected chi connectivity index (χ4v) is 3.54. The van der Waals surface area contributed by atoms with Crippen molar-refractivity contribution in [3.05, 3.63) is 30.1 Å². The summed E-state index contributed by atoms with van der Waals surface area (Å²) in [6.07, 6.45) is -6.06. The number of alkyl halides is 6. The highest BCUT2D eigenvalue weighted by molar-refractivity contribution is 5.80. The van der Waals surface area contributed by atoms with Gasteiger partial charge < -0.3 is 25.7 Å². The molecule has 37 heavy (non-hydrogen) atoms. The Labute approximate surface area is 206 Å². The molecule has 3 heterocycles. The van der Waals surface area contributed by atoms with Gasteiger partial charge >= 0.3 is 30.3 Å². The molecular weight excluding hydrogens is 520 g/mol. The lowest BCUT2D eigenvalue weighted by Crippen LogP contribution is -2.46. The number of nitrogens with zero attached hydrogens (tertiary/aromatic N) is 3. The molecule has 11 nitrogen and oxygen atoms in total. The molecule has 2 aliphatic rings. The molecule has 2 fully saturated rings. The molecule has 3 rings (SSSR count). The Hall–Kier alpha value is -3.63. The predicted octanol–water partition coefficient (Wildman–Crippen LogP) is 1.31. The first kappa shape index (κ1) is 31.4. The summed E-state index contributed by atoms with van der Waals surface area (Å²) in [5.74, 6) is -5.44. The molecule has 1 atom stereocenters. The number of carboxylic acid groups (broad SMARTS) is 2. The predicted molar refractivity (Wildman–Crippen MR) is 113 cm³/mol. The maximum atomic E-state index is 12.1. The van der Waals surface area contributed by atoms with Gasteiger partial charge in [0.2, 0.25) is 5.91 Å². The lowest BCUT2D eigenvalue weighted by Gasteiger charge is -2.32. The SMILES string of the molecule is CNC(=O)N1CCN(Cc2cccnc2)CC2(CNC(=O)C2)C1.O=C(O)C(F)(F)F.O=C(O)C(F)(F)F. The molecule has 1 unspecified atom stereocenters. The standard InChI is InChI=1S/C16H23N5O2.2C2HF3O2/c1-17-15(23)21-6-5-20(9-13-3-2-4-18-8-13)11-16(12-21)7-14(22)19-10-16;2*3-2(4,5)1(6)7/h2-4,8H,5-7,9-12H2,1H3,(H,17,23)(H,19,22);2*(H,6,7). The van der Waals surface area contributed by atoms with Crippen molar-refractivity contribution in [3.63, 3.8) is 0 Å². The van der Waals surface area contributed by atoms with Crippen molar-refractivity contribution in [2.24, 2.45) is 5.41 Å². The van der Waals surface area contributed by atoms with Crippen LogP contribution in [0.3, 0.4) is 0 Å². The number of amides is 3. The minimum absolute atomic E-state index is 0.0742. The first-order chi connectivity index (χ1) is 17.0.